The Bertz CT molecular complexity index is 1540. The fourth-order valence-corrected chi connectivity index (χ4v) is 3.43. The molecule has 4 aromatic rings. The van der Waals surface area contributed by atoms with E-state index in [1.807, 2.05) is 6.07 Å². The molecule has 0 saturated carbocycles. The first-order chi connectivity index (χ1) is 19.3. The highest BCUT2D eigenvalue weighted by molar-refractivity contribution is 6.06. The van der Waals surface area contributed by atoms with Gasteiger partial charge in [0.2, 0.25) is 0 Å². The van der Waals surface area contributed by atoms with Crippen LogP contribution in [-0.2, 0) is 4.74 Å². The number of hydrogen-bond acceptors (Lipinski definition) is 8. The standard InChI is InChI=1S/C28H23N5O7/c1-38-24-12-7-17(25(34)31-18-5-3-2-4-6-18)15-22(24)33-28(37)32-19-8-10-20(11-9-19)39-21-13-14-30-23(16-21)26(35)40-27(29)36/h2-16H,1H3,(H2,29,36)(H,31,34)(H2,32,33,37). The van der Waals surface area contributed by atoms with Crippen LogP contribution >= 0.6 is 0 Å². The molecule has 0 radical (unpaired) electrons. The minimum Gasteiger partial charge on any atom is -0.495 e. The number of para-hydroxylation sites is 1. The number of anilines is 3. The SMILES string of the molecule is COc1ccc(C(=O)Nc2ccccc2)cc1NC(=O)Nc1ccc(Oc2ccnc(C(=O)OC(N)=O)c2)cc1. The third-order valence-corrected chi connectivity index (χ3v) is 5.22. The molecule has 0 spiro atoms. The van der Waals surface area contributed by atoms with Gasteiger partial charge in [-0.2, -0.15) is 0 Å². The number of amides is 4. The molecule has 0 aliphatic rings. The molecule has 202 valence electrons. The van der Waals surface area contributed by atoms with Gasteiger partial charge in [-0.3, -0.25) is 4.79 Å². The van der Waals surface area contributed by atoms with Crippen molar-refractivity contribution >= 4 is 41.1 Å². The summed E-state index contributed by atoms with van der Waals surface area (Å²) in [6.45, 7) is 0. The number of rotatable bonds is 8. The second-order valence-electron chi connectivity index (χ2n) is 8.03. The first kappa shape index (κ1) is 27.1. The largest absolute Gasteiger partial charge is 0.495 e. The van der Waals surface area contributed by atoms with Gasteiger partial charge in [0.25, 0.3) is 5.91 Å². The van der Waals surface area contributed by atoms with Gasteiger partial charge in [-0.25, -0.2) is 19.4 Å². The van der Waals surface area contributed by atoms with Crippen LogP contribution in [0.2, 0.25) is 0 Å². The molecule has 0 unspecified atom stereocenters. The number of benzene rings is 3. The van der Waals surface area contributed by atoms with Crippen LogP contribution in [0.15, 0.2) is 91.1 Å². The van der Waals surface area contributed by atoms with Crippen LogP contribution in [0.4, 0.5) is 26.7 Å². The number of esters is 1. The highest BCUT2D eigenvalue weighted by Crippen LogP contribution is 2.27. The molecule has 0 atom stereocenters. The monoisotopic (exact) mass is 541 g/mol. The average molecular weight is 542 g/mol. The maximum Gasteiger partial charge on any atom is 0.412 e. The van der Waals surface area contributed by atoms with E-state index in [1.165, 1.54) is 31.5 Å². The fourth-order valence-electron chi connectivity index (χ4n) is 3.43. The van der Waals surface area contributed by atoms with Gasteiger partial charge >= 0.3 is 18.1 Å². The number of hydrogen-bond donors (Lipinski definition) is 4. The molecule has 4 rings (SSSR count). The van der Waals surface area contributed by atoms with Crippen molar-refractivity contribution < 1.29 is 33.4 Å². The van der Waals surface area contributed by atoms with Crippen LogP contribution in [0.3, 0.4) is 0 Å². The first-order valence-corrected chi connectivity index (χ1v) is 11.7. The van der Waals surface area contributed by atoms with Gasteiger partial charge < -0.3 is 35.9 Å². The predicted molar refractivity (Wildman–Crippen MR) is 146 cm³/mol. The highest BCUT2D eigenvalue weighted by atomic mass is 16.6. The van der Waals surface area contributed by atoms with Crippen LogP contribution in [0.25, 0.3) is 0 Å². The molecule has 1 heterocycles. The number of methoxy groups -OCH3 is 1. The second-order valence-corrected chi connectivity index (χ2v) is 8.03. The van der Waals surface area contributed by atoms with E-state index in [4.69, 9.17) is 15.2 Å². The summed E-state index contributed by atoms with van der Waals surface area (Å²) in [7, 11) is 1.45. The second kappa shape index (κ2) is 12.6. The molecular formula is C28H23N5O7. The van der Waals surface area contributed by atoms with Crippen molar-refractivity contribution in [3.8, 4) is 17.2 Å². The van der Waals surface area contributed by atoms with E-state index in [-0.39, 0.29) is 17.4 Å². The molecule has 40 heavy (non-hydrogen) atoms. The summed E-state index contributed by atoms with van der Waals surface area (Å²) in [5, 5.41) is 8.16. The zero-order chi connectivity index (χ0) is 28.5. The van der Waals surface area contributed by atoms with E-state index < -0.39 is 18.1 Å². The van der Waals surface area contributed by atoms with Gasteiger partial charge in [0, 0.05) is 29.2 Å². The number of urea groups is 1. The number of carbonyl (C=O) groups excluding carboxylic acids is 4. The van der Waals surface area contributed by atoms with Gasteiger partial charge in [0.15, 0.2) is 5.69 Å². The molecule has 0 fully saturated rings. The van der Waals surface area contributed by atoms with Crippen molar-refractivity contribution in [2.24, 2.45) is 5.73 Å². The van der Waals surface area contributed by atoms with E-state index in [0.29, 0.717) is 34.1 Å². The van der Waals surface area contributed by atoms with Crippen LogP contribution in [0.1, 0.15) is 20.8 Å². The molecule has 0 aliphatic carbocycles. The number of ether oxygens (including phenoxy) is 3. The van der Waals surface area contributed by atoms with Crippen LogP contribution in [-0.4, -0.2) is 36.1 Å². The fraction of sp³-hybridized carbons (Fsp3) is 0.0357. The zero-order valence-corrected chi connectivity index (χ0v) is 21.0. The molecule has 12 heteroatoms. The molecule has 0 saturated heterocycles. The predicted octanol–water partition coefficient (Wildman–Crippen LogP) is 5.01. The maximum atomic E-state index is 12.7. The Balaban J connectivity index is 1.38. The summed E-state index contributed by atoms with van der Waals surface area (Å²) in [6, 6.07) is 22.3. The molecule has 0 bridgehead atoms. The Morgan fingerprint density at radius 3 is 2.20 bits per heavy atom. The molecule has 4 amide bonds. The van der Waals surface area contributed by atoms with Gasteiger partial charge in [-0.1, -0.05) is 18.2 Å². The molecule has 3 aromatic carbocycles. The van der Waals surface area contributed by atoms with Crippen molar-refractivity contribution in [3.05, 3.63) is 102 Å². The number of pyridine rings is 1. The van der Waals surface area contributed by atoms with E-state index >= 15 is 0 Å². The number of carbonyl (C=O) groups is 4. The van der Waals surface area contributed by atoms with E-state index in [0.717, 1.165) is 0 Å². The van der Waals surface area contributed by atoms with Crippen LogP contribution < -0.4 is 31.2 Å². The lowest BCUT2D eigenvalue weighted by atomic mass is 10.1. The normalized spacial score (nSPS) is 10.1. The quantitative estimate of drug-likeness (QED) is 0.178. The van der Waals surface area contributed by atoms with Crippen molar-refractivity contribution in [3.63, 3.8) is 0 Å². The third-order valence-electron chi connectivity index (χ3n) is 5.22. The van der Waals surface area contributed by atoms with Crippen molar-refractivity contribution in [1.82, 2.24) is 4.98 Å². The topological polar surface area (TPSA) is 171 Å². The number of nitrogens with one attached hydrogen (secondary N) is 3. The number of primary amides is 1. The van der Waals surface area contributed by atoms with E-state index in [2.05, 4.69) is 25.7 Å². The molecule has 1 aromatic heterocycles. The summed E-state index contributed by atoms with van der Waals surface area (Å²) in [4.78, 5) is 51.7. The van der Waals surface area contributed by atoms with Crippen LogP contribution in [0.5, 0.6) is 17.2 Å². The van der Waals surface area contributed by atoms with Crippen molar-refractivity contribution in [1.29, 1.82) is 0 Å². The summed E-state index contributed by atoms with van der Waals surface area (Å²) in [5.41, 5.74) is 6.38. The Kier molecular flexibility index (Phi) is 8.52. The average Bonchev–Trinajstić information content (AvgIpc) is 2.94. The number of nitrogens with two attached hydrogens (primary N) is 1. The number of aromatic nitrogens is 1. The lowest BCUT2D eigenvalue weighted by Gasteiger charge is -2.13. The lowest BCUT2D eigenvalue weighted by Crippen LogP contribution is -2.20. The first-order valence-electron chi connectivity index (χ1n) is 11.7. The highest BCUT2D eigenvalue weighted by Gasteiger charge is 2.15. The smallest absolute Gasteiger partial charge is 0.412 e. The summed E-state index contributed by atoms with van der Waals surface area (Å²) in [5.74, 6) is -0.341. The van der Waals surface area contributed by atoms with Gasteiger partial charge in [0.1, 0.15) is 17.2 Å². The lowest BCUT2D eigenvalue weighted by molar-refractivity contribution is 0.0631. The minimum absolute atomic E-state index is 0.164. The van der Waals surface area contributed by atoms with Crippen LogP contribution in [0, 0.1) is 0 Å². The summed E-state index contributed by atoms with van der Waals surface area (Å²) < 4.78 is 15.3. The van der Waals surface area contributed by atoms with Crippen molar-refractivity contribution in [2.75, 3.05) is 23.1 Å². The van der Waals surface area contributed by atoms with Gasteiger partial charge in [-0.05, 0) is 60.7 Å². The summed E-state index contributed by atoms with van der Waals surface area (Å²) in [6.07, 6.45) is 0.0619. The van der Waals surface area contributed by atoms with Crippen molar-refractivity contribution in [2.45, 2.75) is 0 Å². The Labute approximate surface area is 228 Å². The Hall–Kier alpha value is -5.91. The molecular weight excluding hydrogens is 518 g/mol. The third kappa shape index (κ3) is 7.32. The Morgan fingerprint density at radius 1 is 0.775 bits per heavy atom. The molecule has 12 nitrogen and oxygen atoms in total. The Morgan fingerprint density at radius 2 is 1.50 bits per heavy atom. The van der Waals surface area contributed by atoms with E-state index in [9.17, 15) is 19.2 Å². The van der Waals surface area contributed by atoms with Gasteiger partial charge in [-0.15, -0.1) is 0 Å². The van der Waals surface area contributed by atoms with E-state index in [1.54, 1.807) is 60.7 Å². The zero-order valence-electron chi connectivity index (χ0n) is 21.0. The molecule has 5 N–H and O–H groups in total. The number of nitrogens with zero attached hydrogens (tertiary/aromatic N) is 1. The van der Waals surface area contributed by atoms with Gasteiger partial charge in [0.05, 0.1) is 12.8 Å². The molecule has 0 aliphatic heterocycles. The summed E-state index contributed by atoms with van der Waals surface area (Å²) >= 11 is 0. The maximum absolute atomic E-state index is 12.7. The minimum atomic E-state index is -1.25.